The lowest BCUT2D eigenvalue weighted by atomic mass is 9.88. The van der Waals surface area contributed by atoms with Crippen LogP contribution in [0.25, 0.3) is 10.9 Å². The molecular formula is C22H26N2O2. The topological polar surface area (TPSA) is 43.3 Å². The molecule has 0 aliphatic carbocycles. The van der Waals surface area contributed by atoms with Gasteiger partial charge in [0.05, 0.1) is 7.11 Å². The zero-order chi connectivity index (χ0) is 18.7. The lowest BCUT2D eigenvalue weighted by Crippen LogP contribution is -2.31. The highest BCUT2D eigenvalue weighted by atomic mass is 16.5. The van der Waals surface area contributed by atoms with Gasteiger partial charge in [-0.15, -0.1) is 0 Å². The summed E-state index contributed by atoms with van der Waals surface area (Å²) in [6.45, 7) is 3.97. The van der Waals surface area contributed by atoms with Crippen LogP contribution >= 0.6 is 0 Å². The number of carbonyl (C=O) groups is 1. The van der Waals surface area contributed by atoms with Gasteiger partial charge in [0.1, 0.15) is 5.75 Å². The van der Waals surface area contributed by atoms with Gasteiger partial charge >= 0.3 is 0 Å². The van der Waals surface area contributed by atoms with Gasteiger partial charge in [-0.05, 0) is 43.2 Å². The molecule has 0 spiro atoms. The molecule has 3 rings (SSSR count). The fourth-order valence-electron chi connectivity index (χ4n) is 3.46. The van der Waals surface area contributed by atoms with Crippen molar-refractivity contribution in [1.29, 1.82) is 0 Å². The summed E-state index contributed by atoms with van der Waals surface area (Å²) in [6, 6.07) is 16.5. The SMILES string of the molecule is COc1ccc([C@@H](CC(=O)NC(C)C)c2cn(C)c3ccccc23)cc1. The summed E-state index contributed by atoms with van der Waals surface area (Å²) in [7, 11) is 3.71. The van der Waals surface area contributed by atoms with Crippen LogP contribution in [0.2, 0.25) is 0 Å². The zero-order valence-corrected chi connectivity index (χ0v) is 15.8. The fraction of sp³-hybridized carbons (Fsp3) is 0.318. The summed E-state index contributed by atoms with van der Waals surface area (Å²) in [5, 5.41) is 4.21. The Bertz CT molecular complexity index is 894. The first-order valence-corrected chi connectivity index (χ1v) is 8.97. The fourth-order valence-corrected chi connectivity index (χ4v) is 3.46. The first-order chi connectivity index (χ1) is 12.5. The van der Waals surface area contributed by atoms with Crippen LogP contribution in [0.3, 0.4) is 0 Å². The Balaban J connectivity index is 2.05. The average Bonchev–Trinajstić information content (AvgIpc) is 2.96. The number of hydrogen-bond acceptors (Lipinski definition) is 2. The van der Waals surface area contributed by atoms with Crippen LogP contribution in [0.15, 0.2) is 54.7 Å². The average molecular weight is 350 g/mol. The molecule has 0 aliphatic rings. The molecule has 1 amide bonds. The van der Waals surface area contributed by atoms with Gasteiger partial charge < -0.3 is 14.6 Å². The Kier molecular flexibility index (Phi) is 5.31. The molecule has 0 radical (unpaired) electrons. The molecule has 0 bridgehead atoms. The second-order valence-electron chi connectivity index (χ2n) is 6.96. The first-order valence-electron chi connectivity index (χ1n) is 8.97. The predicted octanol–water partition coefficient (Wildman–Crippen LogP) is 4.23. The van der Waals surface area contributed by atoms with Gasteiger partial charge in [-0.2, -0.15) is 0 Å². The summed E-state index contributed by atoms with van der Waals surface area (Å²) >= 11 is 0. The normalized spacial score (nSPS) is 12.3. The Morgan fingerprint density at radius 3 is 2.46 bits per heavy atom. The second-order valence-corrected chi connectivity index (χ2v) is 6.96. The molecule has 4 nitrogen and oxygen atoms in total. The number of carbonyl (C=O) groups excluding carboxylic acids is 1. The van der Waals surface area contributed by atoms with Gasteiger partial charge in [-0.25, -0.2) is 0 Å². The predicted molar refractivity (Wildman–Crippen MR) is 106 cm³/mol. The van der Waals surface area contributed by atoms with E-state index in [0.717, 1.165) is 11.3 Å². The van der Waals surface area contributed by atoms with Crippen molar-refractivity contribution in [3.05, 3.63) is 65.9 Å². The number of methoxy groups -OCH3 is 1. The van der Waals surface area contributed by atoms with Crippen LogP contribution in [-0.2, 0) is 11.8 Å². The Morgan fingerprint density at radius 2 is 1.81 bits per heavy atom. The molecule has 1 aromatic heterocycles. The van der Waals surface area contributed by atoms with Crippen molar-refractivity contribution < 1.29 is 9.53 Å². The summed E-state index contributed by atoms with van der Waals surface area (Å²) in [5.74, 6) is 0.872. The minimum Gasteiger partial charge on any atom is -0.497 e. The third-order valence-electron chi connectivity index (χ3n) is 4.66. The molecule has 2 aromatic carbocycles. The van der Waals surface area contributed by atoms with Crippen LogP contribution in [0.1, 0.15) is 37.3 Å². The van der Waals surface area contributed by atoms with Gasteiger partial charge in [0.2, 0.25) is 5.91 Å². The van der Waals surface area contributed by atoms with Crippen LogP contribution in [0, 0.1) is 0 Å². The number of amides is 1. The number of para-hydroxylation sites is 1. The van der Waals surface area contributed by atoms with E-state index < -0.39 is 0 Å². The number of rotatable bonds is 6. The van der Waals surface area contributed by atoms with Gasteiger partial charge in [-0.3, -0.25) is 4.79 Å². The van der Waals surface area contributed by atoms with E-state index in [2.05, 4.69) is 28.2 Å². The zero-order valence-electron chi connectivity index (χ0n) is 15.8. The minimum absolute atomic E-state index is 0.00856. The molecule has 0 fully saturated rings. The number of ether oxygens (including phenoxy) is 1. The highest BCUT2D eigenvalue weighted by Crippen LogP contribution is 2.35. The molecule has 0 aliphatic heterocycles. The molecule has 4 heteroatoms. The number of fused-ring (bicyclic) bond motifs is 1. The van der Waals surface area contributed by atoms with E-state index >= 15 is 0 Å². The molecule has 0 saturated heterocycles. The van der Waals surface area contributed by atoms with Gasteiger partial charge in [0.25, 0.3) is 0 Å². The highest BCUT2D eigenvalue weighted by molar-refractivity contribution is 5.86. The number of aromatic nitrogens is 1. The van der Waals surface area contributed by atoms with E-state index in [0.29, 0.717) is 6.42 Å². The Morgan fingerprint density at radius 1 is 1.12 bits per heavy atom. The Labute approximate surface area is 154 Å². The summed E-state index contributed by atoms with van der Waals surface area (Å²) < 4.78 is 7.41. The lowest BCUT2D eigenvalue weighted by Gasteiger charge is -2.18. The van der Waals surface area contributed by atoms with Crippen molar-refractivity contribution in [2.45, 2.75) is 32.2 Å². The van der Waals surface area contributed by atoms with Crippen molar-refractivity contribution in [3.63, 3.8) is 0 Å². The Hall–Kier alpha value is -2.75. The standard InChI is InChI=1S/C22H26N2O2/c1-15(2)23-22(25)13-19(16-9-11-17(26-4)12-10-16)20-14-24(3)21-8-6-5-7-18(20)21/h5-12,14-15,19H,13H2,1-4H3,(H,23,25)/t19-/m1/s1. The maximum atomic E-state index is 12.5. The van der Waals surface area contributed by atoms with Crippen molar-refractivity contribution in [3.8, 4) is 5.75 Å². The van der Waals surface area contributed by atoms with E-state index in [1.165, 1.54) is 16.5 Å². The highest BCUT2D eigenvalue weighted by Gasteiger charge is 2.22. The van der Waals surface area contributed by atoms with E-state index in [1.807, 2.05) is 57.3 Å². The number of benzene rings is 2. The number of nitrogens with one attached hydrogen (secondary N) is 1. The summed E-state index contributed by atoms with van der Waals surface area (Å²) in [4.78, 5) is 12.5. The van der Waals surface area contributed by atoms with Crippen molar-refractivity contribution in [1.82, 2.24) is 9.88 Å². The molecule has 1 atom stereocenters. The summed E-state index contributed by atoms with van der Waals surface area (Å²) in [6.07, 6.45) is 2.56. The van der Waals surface area contributed by atoms with Crippen LogP contribution in [0.5, 0.6) is 5.75 Å². The van der Waals surface area contributed by atoms with E-state index in [9.17, 15) is 4.79 Å². The van der Waals surface area contributed by atoms with E-state index in [1.54, 1.807) is 7.11 Å². The van der Waals surface area contributed by atoms with Crippen molar-refractivity contribution in [2.24, 2.45) is 7.05 Å². The first kappa shape index (κ1) is 18.1. The number of hydrogen-bond donors (Lipinski definition) is 1. The van der Waals surface area contributed by atoms with E-state index in [-0.39, 0.29) is 17.9 Å². The third kappa shape index (κ3) is 3.74. The summed E-state index contributed by atoms with van der Waals surface area (Å²) in [5.41, 5.74) is 3.46. The smallest absolute Gasteiger partial charge is 0.221 e. The van der Waals surface area contributed by atoms with E-state index in [4.69, 9.17) is 4.74 Å². The second kappa shape index (κ2) is 7.65. The molecule has 136 valence electrons. The third-order valence-corrected chi connectivity index (χ3v) is 4.66. The molecule has 26 heavy (non-hydrogen) atoms. The minimum atomic E-state index is -0.00856. The van der Waals surface area contributed by atoms with Crippen LogP contribution in [-0.4, -0.2) is 23.6 Å². The molecular weight excluding hydrogens is 324 g/mol. The van der Waals surface area contributed by atoms with Gasteiger partial charge in [0.15, 0.2) is 0 Å². The lowest BCUT2D eigenvalue weighted by molar-refractivity contribution is -0.121. The van der Waals surface area contributed by atoms with Crippen molar-refractivity contribution in [2.75, 3.05) is 7.11 Å². The molecule has 1 N–H and O–H groups in total. The van der Waals surface area contributed by atoms with Gasteiger partial charge in [-0.1, -0.05) is 30.3 Å². The van der Waals surface area contributed by atoms with Gasteiger partial charge in [0, 0.05) is 42.5 Å². The monoisotopic (exact) mass is 350 g/mol. The van der Waals surface area contributed by atoms with Crippen LogP contribution < -0.4 is 10.1 Å². The maximum Gasteiger partial charge on any atom is 0.221 e. The van der Waals surface area contributed by atoms with Crippen molar-refractivity contribution >= 4 is 16.8 Å². The largest absolute Gasteiger partial charge is 0.497 e. The van der Waals surface area contributed by atoms with Crippen LogP contribution in [0.4, 0.5) is 0 Å². The molecule has 3 aromatic rings. The molecule has 0 unspecified atom stereocenters. The quantitative estimate of drug-likeness (QED) is 0.723. The number of nitrogens with zero attached hydrogens (tertiary/aromatic N) is 1. The maximum absolute atomic E-state index is 12.5. The molecule has 1 heterocycles. The number of aryl methyl sites for hydroxylation is 1. The molecule has 0 saturated carbocycles.